The van der Waals surface area contributed by atoms with Crippen LogP contribution in [0, 0.1) is 17.7 Å². The molecule has 0 unspecified atom stereocenters. The molecular formula is C17H20FNO4. The maximum atomic E-state index is 13.4. The lowest BCUT2D eigenvalue weighted by atomic mass is 9.94. The van der Waals surface area contributed by atoms with Crippen LogP contribution in [0.1, 0.15) is 24.8 Å². The second-order valence-corrected chi connectivity index (χ2v) is 6.32. The number of fused-ring (bicyclic) bond motifs is 1. The molecule has 1 saturated carbocycles. The Hall–Kier alpha value is -2.11. The van der Waals surface area contributed by atoms with Crippen molar-refractivity contribution < 1.29 is 23.8 Å². The molecule has 1 saturated heterocycles. The summed E-state index contributed by atoms with van der Waals surface area (Å²) in [6, 6.07) is 3.26. The van der Waals surface area contributed by atoms with Gasteiger partial charge in [0.05, 0.1) is 13.5 Å². The number of benzene rings is 1. The summed E-state index contributed by atoms with van der Waals surface area (Å²) < 4.78 is 18.6. The Bertz CT molecular complexity index is 633. The first-order valence-corrected chi connectivity index (χ1v) is 7.86. The molecule has 1 aromatic carbocycles. The molecule has 1 amide bonds. The number of carbonyl (C=O) groups is 2. The Morgan fingerprint density at radius 3 is 2.87 bits per heavy atom. The number of hydrogen-bond donors (Lipinski definition) is 1. The Kier molecular flexibility index (Phi) is 4.24. The minimum atomic E-state index is -0.945. The van der Waals surface area contributed by atoms with E-state index in [4.69, 9.17) is 4.74 Å². The van der Waals surface area contributed by atoms with E-state index in [1.807, 2.05) is 0 Å². The van der Waals surface area contributed by atoms with Crippen molar-refractivity contribution in [2.75, 3.05) is 13.7 Å². The molecule has 1 aromatic rings. The number of carboxylic acids is 1. The number of likely N-dealkylation sites (tertiary alicyclic amines) is 1. The summed E-state index contributed by atoms with van der Waals surface area (Å²) in [5.74, 6) is -0.914. The summed E-state index contributed by atoms with van der Waals surface area (Å²) in [7, 11) is 1.46. The minimum absolute atomic E-state index is 0.0471. The Labute approximate surface area is 134 Å². The first-order chi connectivity index (χ1) is 11.0. The topological polar surface area (TPSA) is 66.8 Å². The van der Waals surface area contributed by atoms with Gasteiger partial charge in [-0.2, -0.15) is 0 Å². The quantitative estimate of drug-likeness (QED) is 0.922. The number of rotatable bonds is 4. The highest BCUT2D eigenvalue weighted by atomic mass is 19.1. The fourth-order valence-electron chi connectivity index (χ4n) is 4.03. The Balaban J connectivity index is 1.80. The van der Waals surface area contributed by atoms with Gasteiger partial charge in [-0.05, 0) is 42.9 Å². The summed E-state index contributed by atoms with van der Waals surface area (Å²) >= 11 is 0. The number of carbonyl (C=O) groups excluding carboxylic acids is 1. The summed E-state index contributed by atoms with van der Waals surface area (Å²) in [4.78, 5) is 25.7. The van der Waals surface area contributed by atoms with Crippen LogP contribution < -0.4 is 4.74 Å². The van der Waals surface area contributed by atoms with Gasteiger partial charge in [-0.25, -0.2) is 9.18 Å². The number of hydrogen-bond acceptors (Lipinski definition) is 3. The van der Waals surface area contributed by atoms with E-state index in [2.05, 4.69) is 0 Å². The molecule has 1 heterocycles. The second kappa shape index (κ2) is 6.18. The third-order valence-electron chi connectivity index (χ3n) is 5.05. The predicted molar refractivity (Wildman–Crippen MR) is 80.6 cm³/mol. The van der Waals surface area contributed by atoms with Crippen molar-refractivity contribution in [1.82, 2.24) is 4.90 Å². The van der Waals surface area contributed by atoms with Crippen LogP contribution in [-0.2, 0) is 16.0 Å². The van der Waals surface area contributed by atoms with Gasteiger partial charge in [0.15, 0.2) is 0 Å². The number of aliphatic carboxylic acids is 1. The molecule has 1 aliphatic heterocycles. The average Bonchev–Trinajstić information content (AvgIpc) is 3.07. The van der Waals surface area contributed by atoms with E-state index in [1.165, 1.54) is 30.2 Å². The number of amides is 1. The largest absolute Gasteiger partial charge is 0.496 e. The molecule has 0 aromatic heterocycles. The fourth-order valence-corrected chi connectivity index (χ4v) is 4.03. The molecule has 1 aliphatic carbocycles. The minimum Gasteiger partial charge on any atom is -0.496 e. The third-order valence-corrected chi connectivity index (χ3v) is 5.05. The van der Waals surface area contributed by atoms with Crippen LogP contribution in [-0.4, -0.2) is 41.6 Å². The van der Waals surface area contributed by atoms with Crippen molar-refractivity contribution >= 4 is 11.9 Å². The van der Waals surface area contributed by atoms with Crippen LogP contribution in [0.3, 0.4) is 0 Å². The summed E-state index contributed by atoms with van der Waals surface area (Å²) in [6.45, 7) is 0.484. The summed E-state index contributed by atoms with van der Waals surface area (Å²) in [5, 5.41) is 9.51. The highest BCUT2D eigenvalue weighted by Crippen LogP contribution is 2.42. The summed E-state index contributed by atoms with van der Waals surface area (Å²) in [5.41, 5.74) is 0.443. The van der Waals surface area contributed by atoms with E-state index >= 15 is 0 Å². The van der Waals surface area contributed by atoms with Crippen molar-refractivity contribution in [2.24, 2.45) is 11.8 Å². The van der Waals surface area contributed by atoms with Gasteiger partial charge in [-0.3, -0.25) is 4.79 Å². The van der Waals surface area contributed by atoms with Crippen molar-refractivity contribution in [3.63, 3.8) is 0 Å². The SMILES string of the molecule is COc1ccc(F)cc1CC(=O)N1C[C@@H]2CCC[C@H]2[C@@H]1C(=O)O. The zero-order chi connectivity index (χ0) is 16.6. The number of halogens is 1. The molecule has 6 heteroatoms. The van der Waals surface area contributed by atoms with Crippen LogP contribution in [0.25, 0.3) is 0 Å². The van der Waals surface area contributed by atoms with Gasteiger partial charge < -0.3 is 14.7 Å². The van der Waals surface area contributed by atoms with Crippen molar-refractivity contribution in [3.05, 3.63) is 29.6 Å². The molecule has 124 valence electrons. The first kappa shape index (κ1) is 15.8. The first-order valence-electron chi connectivity index (χ1n) is 7.86. The standard InChI is InChI=1S/C17H20FNO4/c1-23-14-6-5-12(18)7-11(14)8-15(20)19-9-10-3-2-4-13(10)16(19)17(21)22/h5-7,10,13,16H,2-4,8-9H2,1H3,(H,21,22)/t10-,13+,16+/m0/s1. The monoisotopic (exact) mass is 321 g/mol. The van der Waals surface area contributed by atoms with Crippen molar-refractivity contribution in [1.29, 1.82) is 0 Å². The average molecular weight is 321 g/mol. The van der Waals surface area contributed by atoms with Gasteiger partial charge in [0, 0.05) is 12.1 Å². The molecule has 0 bridgehead atoms. The van der Waals surface area contributed by atoms with Gasteiger partial charge >= 0.3 is 5.97 Å². The van der Waals surface area contributed by atoms with Crippen molar-refractivity contribution in [3.8, 4) is 5.75 Å². The maximum absolute atomic E-state index is 13.4. The van der Waals surface area contributed by atoms with Crippen LogP contribution in [0.15, 0.2) is 18.2 Å². The molecule has 2 aliphatic rings. The van der Waals surface area contributed by atoms with Gasteiger partial charge in [0.25, 0.3) is 0 Å². The zero-order valence-electron chi connectivity index (χ0n) is 13.0. The smallest absolute Gasteiger partial charge is 0.326 e. The van der Waals surface area contributed by atoms with Gasteiger partial charge in [0.1, 0.15) is 17.6 Å². The van der Waals surface area contributed by atoms with Crippen LogP contribution in [0.5, 0.6) is 5.75 Å². The summed E-state index contributed by atoms with van der Waals surface area (Å²) in [6.07, 6.45) is 2.80. The molecule has 23 heavy (non-hydrogen) atoms. The highest BCUT2D eigenvalue weighted by molar-refractivity contribution is 5.86. The zero-order valence-corrected chi connectivity index (χ0v) is 13.0. The van der Waals surface area contributed by atoms with E-state index in [0.717, 1.165) is 19.3 Å². The molecule has 0 radical (unpaired) electrons. The third kappa shape index (κ3) is 2.90. The molecule has 3 atom stereocenters. The highest BCUT2D eigenvalue weighted by Gasteiger charge is 2.49. The van der Waals surface area contributed by atoms with E-state index in [-0.39, 0.29) is 24.2 Å². The number of ether oxygens (including phenoxy) is 1. The van der Waals surface area contributed by atoms with Gasteiger partial charge in [-0.1, -0.05) is 6.42 Å². The van der Waals surface area contributed by atoms with E-state index in [1.54, 1.807) is 0 Å². The van der Waals surface area contributed by atoms with Gasteiger partial charge in [0.2, 0.25) is 5.91 Å². The second-order valence-electron chi connectivity index (χ2n) is 6.32. The molecule has 5 nitrogen and oxygen atoms in total. The number of methoxy groups -OCH3 is 1. The number of nitrogens with zero attached hydrogens (tertiary/aromatic N) is 1. The molecule has 1 N–H and O–H groups in total. The maximum Gasteiger partial charge on any atom is 0.326 e. The van der Waals surface area contributed by atoms with Crippen molar-refractivity contribution in [2.45, 2.75) is 31.7 Å². The van der Waals surface area contributed by atoms with E-state index in [9.17, 15) is 19.1 Å². The normalized spacial score (nSPS) is 26.2. The fraction of sp³-hybridized carbons (Fsp3) is 0.529. The Morgan fingerprint density at radius 2 is 2.17 bits per heavy atom. The molecule has 0 spiro atoms. The van der Waals surface area contributed by atoms with E-state index < -0.39 is 17.8 Å². The van der Waals surface area contributed by atoms with Crippen LogP contribution >= 0.6 is 0 Å². The predicted octanol–water partition coefficient (Wildman–Crippen LogP) is 2.09. The van der Waals surface area contributed by atoms with Gasteiger partial charge in [-0.15, -0.1) is 0 Å². The lowest BCUT2D eigenvalue weighted by Gasteiger charge is -2.24. The molecule has 3 rings (SSSR count). The Morgan fingerprint density at radius 1 is 1.39 bits per heavy atom. The lowest BCUT2D eigenvalue weighted by molar-refractivity contribution is -0.149. The number of carboxylic acid groups (broad SMARTS) is 1. The van der Waals surface area contributed by atoms with Crippen LogP contribution in [0.4, 0.5) is 4.39 Å². The molecular weight excluding hydrogens is 301 g/mol. The molecule has 2 fully saturated rings. The van der Waals surface area contributed by atoms with Crippen LogP contribution in [0.2, 0.25) is 0 Å². The van der Waals surface area contributed by atoms with E-state index in [0.29, 0.717) is 17.9 Å². The lowest BCUT2D eigenvalue weighted by Crippen LogP contribution is -2.44.